The molecule has 0 radical (unpaired) electrons. The average Bonchev–Trinajstić information content (AvgIpc) is 2.81. The molecule has 3 heteroatoms. The minimum atomic E-state index is 0.229. The zero-order valence-electron chi connectivity index (χ0n) is 11.3. The van der Waals surface area contributed by atoms with E-state index in [9.17, 15) is 4.79 Å². The highest BCUT2D eigenvalue weighted by Gasteiger charge is 2.27. The van der Waals surface area contributed by atoms with Crippen molar-refractivity contribution in [3.05, 3.63) is 35.4 Å². The van der Waals surface area contributed by atoms with Gasteiger partial charge in [-0.15, -0.1) is 0 Å². The molecule has 1 fully saturated rings. The van der Waals surface area contributed by atoms with Crippen LogP contribution in [0.15, 0.2) is 24.3 Å². The lowest BCUT2D eigenvalue weighted by atomic mass is 10.0. The number of rotatable bonds is 4. The van der Waals surface area contributed by atoms with Crippen molar-refractivity contribution in [3.63, 3.8) is 0 Å². The Bertz CT molecular complexity index is 399. The van der Waals surface area contributed by atoms with Crippen LogP contribution in [0.25, 0.3) is 0 Å². The molecule has 1 amide bonds. The number of benzene rings is 1. The Labute approximate surface area is 109 Å². The predicted octanol–water partition coefficient (Wildman–Crippen LogP) is 1.75. The van der Waals surface area contributed by atoms with Crippen molar-refractivity contribution >= 4 is 5.91 Å². The topological polar surface area (TPSA) is 32.3 Å². The third-order valence-electron chi connectivity index (χ3n) is 3.62. The van der Waals surface area contributed by atoms with E-state index >= 15 is 0 Å². The summed E-state index contributed by atoms with van der Waals surface area (Å²) in [7, 11) is 1.82. The van der Waals surface area contributed by atoms with Gasteiger partial charge in [-0.05, 0) is 38.8 Å². The van der Waals surface area contributed by atoms with Gasteiger partial charge in [0.15, 0.2) is 0 Å². The summed E-state index contributed by atoms with van der Waals surface area (Å²) in [4.78, 5) is 14.0. The second kappa shape index (κ2) is 6.01. The average molecular weight is 246 g/mol. The van der Waals surface area contributed by atoms with Crippen molar-refractivity contribution in [1.29, 1.82) is 0 Å². The minimum absolute atomic E-state index is 0.229. The maximum atomic E-state index is 12.0. The van der Waals surface area contributed by atoms with Gasteiger partial charge in [0.25, 0.3) is 0 Å². The minimum Gasteiger partial charge on any atom is -0.338 e. The molecular formula is C15H22N2O. The van der Waals surface area contributed by atoms with Crippen molar-refractivity contribution in [1.82, 2.24) is 10.2 Å². The summed E-state index contributed by atoms with van der Waals surface area (Å²) in [5.74, 6) is 0.229. The van der Waals surface area contributed by atoms with Crippen LogP contribution in [-0.2, 0) is 11.2 Å². The maximum Gasteiger partial charge on any atom is 0.236 e. The molecule has 18 heavy (non-hydrogen) atoms. The predicted molar refractivity (Wildman–Crippen MR) is 73.5 cm³/mol. The van der Waals surface area contributed by atoms with Crippen LogP contribution in [0.3, 0.4) is 0 Å². The first-order valence-corrected chi connectivity index (χ1v) is 6.70. The van der Waals surface area contributed by atoms with Gasteiger partial charge in [-0.3, -0.25) is 4.79 Å². The highest BCUT2D eigenvalue weighted by molar-refractivity contribution is 5.78. The van der Waals surface area contributed by atoms with Gasteiger partial charge in [-0.25, -0.2) is 0 Å². The molecule has 1 atom stereocenters. The zero-order valence-corrected chi connectivity index (χ0v) is 11.3. The summed E-state index contributed by atoms with van der Waals surface area (Å²) in [5, 5.41) is 2.95. The van der Waals surface area contributed by atoms with E-state index in [1.807, 2.05) is 11.9 Å². The van der Waals surface area contributed by atoms with Crippen molar-refractivity contribution in [2.75, 3.05) is 20.1 Å². The summed E-state index contributed by atoms with van der Waals surface area (Å²) >= 11 is 0. The molecule has 1 aromatic carbocycles. The van der Waals surface area contributed by atoms with Crippen molar-refractivity contribution in [3.8, 4) is 0 Å². The lowest BCUT2D eigenvalue weighted by Crippen LogP contribution is -2.41. The standard InChI is InChI=1S/C15H22N2O/c1-12-5-7-13(8-6-12)10-14-4-3-9-17(14)15(18)11-16-2/h5-8,14,16H,3-4,9-11H2,1-2H3/t14-/m0/s1. The molecule has 98 valence electrons. The second-order valence-corrected chi connectivity index (χ2v) is 5.10. The number of hydrogen-bond donors (Lipinski definition) is 1. The van der Waals surface area contributed by atoms with Crippen LogP contribution in [0.1, 0.15) is 24.0 Å². The van der Waals surface area contributed by atoms with E-state index < -0.39 is 0 Å². The Kier molecular flexibility index (Phi) is 4.37. The maximum absolute atomic E-state index is 12.0. The van der Waals surface area contributed by atoms with Gasteiger partial charge in [0.1, 0.15) is 0 Å². The smallest absolute Gasteiger partial charge is 0.236 e. The van der Waals surface area contributed by atoms with Crippen LogP contribution >= 0.6 is 0 Å². The summed E-state index contributed by atoms with van der Waals surface area (Å²) in [5.41, 5.74) is 2.61. The number of likely N-dealkylation sites (tertiary alicyclic amines) is 1. The molecule has 1 heterocycles. The first-order chi connectivity index (χ1) is 8.70. The van der Waals surface area contributed by atoms with Crippen LogP contribution in [0.2, 0.25) is 0 Å². The third-order valence-corrected chi connectivity index (χ3v) is 3.62. The summed E-state index contributed by atoms with van der Waals surface area (Å²) in [6.45, 7) is 3.46. The molecule has 1 aromatic rings. The molecule has 0 unspecified atom stereocenters. The number of nitrogens with zero attached hydrogens (tertiary/aromatic N) is 1. The van der Waals surface area contributed by atoms with Gasteiger partial charge >= 0.3 is 0 Å². The largest absolute Gasteiger partial charge is 0.338 e. The SMILES string of the molecule is CNCC(=O)N1CCC[C@H]1Cc1ccc(C)cc1. The Morgan fingerprint density at radius 2 is 2.11 bits per heavy atom. The number of hydrogen-bond acceptors (Lipinski definition) is 2. The van der Waals surface area contributed by atoms with Gasteiger partial charge in [0.05, 0.1) is 6.54 Å². The fourth-order valence-corrected chi connectivity index (χ4v) is 2.63. The molecule has 0 bridgehead atoms. The zero-order chi connectivity index (χ0) is 13.0. The van der Waals surface area contributed by atoms with Gasteiger partial charge in [-0.2, -0.15) is 0 Å². The number of likely N-dealkylation sites (N-methyl/N-ethyl adjacent to an activating group) is 1. The quantitative estimate of drug-likeness (QED) is 0.878. The van der Waals surface area contributed by atoms with Crippen molar-refractivity contribution in [2.45, 2.75) is 32.2 Å². The van der Waals surface area contributed by atoms with Crippen LogP contribution < -0.4 is 5.32 Å². The summed E-state index contributed by atoms with van der Waals surface area (Å²) in [6.07, 6.45) is 3.24. The number of carbonyl (C=O) groups is 1. The molecule has 0 aromatic heterocycles. The molecule has 0 spiro atoms. The van der Waals surface area contributed by atoms with Crippen LogP contribution in [0, 0.1) is 6.92 Å². The number of carbonyl (C=O) groups excluding carboxylic acids is 1. The molecule has 0 aliphatic carbocycles. The number of nitrogens with one attached hydrogen (secondary N) is 1. The van der Waals surface area contributed by atoms with E-state index in [4.69, 9.17) is 0 Å². The van der Waals surface area contributed by atoms with E-state index in [1.165, 1.54) is 11.1 Å². The second-order valence-electron chi connectivity index (χ2n) is 5.10. The van der Waals surface area contributed by atoms with Gasteiger partial charge < -0.3 is 10.2 Å². The van der Waals surface area contributed by atoms with E-state index in [2.05, 4.69) is 36.5 Å². The normalized spacial score (nSPS) is 19.2. The van der Waals surface area contributed by atoms with E-state index in [0.717, 1.165) is 25.8 Å². The summed E-state index contributed by atoms with van der Waals surface area (Å²) < 4.78 is 0. The molecule has 1 saturated heterocycles. The van der Waals surface area contributed by atoms with Crippen molar-refractivity contribution < 1.29 is 4.79 Å². The van der Waals surface area contributed by atoms with Crippen molar-refractivity contribution in [2.24, 2.45) is 0 Å². The Hall–Kier alpha value is -1.35. The van der Waals surface area contributed by atoms with Gasteiger partial charge in [0, 0.05) is 12.6 Å². The van der Waals surface area contributed by atoms with Gasteiger partial charge in [-0.1, -0.05) is 29.8 Å². The van der Waals surface area contributed by atoms with E-state index in [0.29, 0.717) is 12.6 Å². The third kappa shape index (κ3) is 3.10. The fourth-order valence-electron chi connectivity index (χ4n) is 2.63. The molecule has 3 nitrogen and oxygen atoms in total. The van der Waals surface area contributed by atoms with Crippen LogP contribution in [-0.4, -0.2) is 37.0 Å². The highest BCUT2D eigenvalue weighted by Crippen LogP contribution is 2.21. The Morgan fingerprint density at radius 3 is 2.78 bits per heavy atom. The highest BCUT2D eigenvalue weighted by atomic mass is 16.2. The number of aryl methyl sites for hydroxylation is 1. The first kappa shape index (κ1) is 13.1. The molecule has 1 aliphatic rings. The summed E-state index contributed by atoms with van der Waals surface area (Å²) in [6, 6.07) is 9.02. The van der Waals surface area contributed by atoms with E-state index in [1.54, 1.807) is 0 Å². The first-order valence-electron chi connectivity index (χ1n) is 6.70. The van der Waals surface area contributed by atoms with Gasteiger partial charge in [0.2, 0.25) is 5.91 Å². The molecule has 2 rings (SSSR count). The number of amides is 1. The van der Waals surface area contributed by atoms with E-state index in [-0.39, 0.29) is 5.91 Å². The fraction of sp³-hybridized carbons (Fsp3) is 0.533. The molecule has 1 N–H and O–H groups in total. The lowest BCUT2D eigenvalue weighted by Gasteiger charge is -2.24. The molecule has 1 aliphatic heterocycles. The lowest BCUT2D eigenvalue weighted by molar-refractivity contribution is -0.130. The van der Waals surface area contributed by atoms with Crippen LogP contribution in [0.4, 0.5) is 0 Å². The van der Waals surface area contributed by atoms with Crippen LogP contribution in [0.5, 0.6) is 0 Å². The molecular weight excluding hydrogens is 224 g/mol. The Balaban J connectivity index is 1.99. The monoisotopic (exact) mass is 246 g/mol. The molecule has 0 saturated carbocycles. The Morgan fingerprint density at radius 1 is 1.39 bits per heavy atom.